The molecule has 2 fully saturated rings. The largest absolute Gasteiger partial charge is 0.448 e. The second-order valence-electron chi connectivity index (χ2n) is 8.13. The van der Waals surface area contributed by atoms with Crippen molar-refractivity contribution in [3.63, 3.8) is 0 Å². The summed E-state index contributed by atoms with van der Waals surface area (Å²) in [5, 5.41) is 10.2. The number of benzene rings is 2. The summed E-state index contributed by atoms with van der Waals surface area (Å²) in [6.07, 6.45) is 2.52. The molecule has 27 heavy (non-hydrogen) atoms. The quantitative estimate of drug-likeness (QED) is 0.876. The van der Waals surface area contributed by atoms with Gasteiger partial charge in [0.2, 0.25) is 0 Å². The zero-order valence-electron chi connectivity index (χ0n) is 15.4. The van der Waals surface area contributed by atoms with Crippen molar-refractivity contribution >= 4 is 6.09 Å². The summed E-state index contributed by atoms with van der Waals surface area (Å²) in [4.78, 5) is 14.5. The Morgan fingerprint density at radius 2 is 1.67 bits per heavy atom. The minimum Gasteiger partial charge on any atom is -0.448 e. The molecule has 1 amide bonds. The number of hydrogen-bond donors (Lipinski definition) is 1. The molecule has 2 aromatic carbocycles. The van der Waals surface area contributed by atoms with Gasteiger partial charge in [-0.15, -0.1) is 0 Å². The van der Waals surface area contributed by atoms with Crippen LogP contribution in [0.4, 0.5) is 4.79 Å². The fraction of sp³-hybridized carbons (Fsp3) is 0.435. The van der Waals surface area contributed by atoms with Gasteiger partial charge in [-0.25, -0.2) is 4.79 Å². The monoisotopic (exact) mass is 363 g/mol. The van der Waals surface area contributed by atoms with E-state index in [1.54, 1.807) is 4.90 Å². The van der Waals surface area contributed by atoms with E-state index in [-0.39, 0.29) is 24.0 Å². The van der Waals surface area contributed by atoms with Crippen LogP contribution in [0.5, 0.6) is 0 Å². The van der Waals surface area contributed by atoms with E-state index in [0.717, 1.165) is 25.8 Å². The maximum atomic E-state index is 12.7. The average molecular weight is 363 g/mol. The molecule has 140 valence electrons. The number of aliphatic hydroxyl groups excluding tert-OH is 1. The molecule has 0 radical (unpaired) electrons. The second-order valence-corrected chi connectivity index (χ2v) is 8.13. The Kier molecular flexibility index (Phi) is 4.16. The summed E-state index contributed by atoms with van der Waals surface area (Å²) in [6, 6.07) is 16.8. The van der Waals surface area contributed by atoms with Crippen molar-refractivity contribution in [2.24, 2.45) is 11.8 Å². The molecule has 1 heterocycles. The average Bonchev–Trinajstić information content (AvgIpc) is 3.27. The number of likely N-dealkylation sites (tertiary alicyclic amines) is 1. The van der Waals surface area contributed by atoms with Gasteiger partial charge in [0, 0.05) is 24.9 Å². The molecule has 1 aliphatic heterocycles. The number of nitrogens with zero attached hydrogens (tertiary/aromatic N) is 1. The van der Waals surface area contributed by atoms with Crippen molar-refractivity contribution in [3.05, 3.63) is 59.7 Å². The zero-order valence-corrected chi connectivity index (χ0v) is 15.4. The highest BCUT2D eigenvalue weighted by Gasteiger charge is 2.42. The normalized spacial score (nSPS) is 26.4. The van der Waals surface area contributed by atoms with Crippen LogP contribution in [0.2, 0.25) is 0 Å². The first-order valence-electron chi connectivity index (χ1n) is 10.0. The number of hydrogen-bond acceptors (Lipinski definition) is 3. The third-order valence-corrected chi connectivity index (χ3v) is 6.65. The number of carbonyl (C=O) groups is 1. The molecule has 1 saturated carbocycles. The van der Waals surface area contributed by atoms with Gasteiger partial charge in [-0.1, -0.05) is 55.0 Å². The lowest BCUT2D eigenvalue weighted by molar-refractivity contribution is 0.0541. The first kappa shape index (κ1) is 16.8. The van der Waals surface area contributed by atoms with Crippen LogP contribution in [-0.4, -0.2) is 41.9 Å². The van der Waals surface area contributed by atoms with E-state index in [4.69, 9.17) is 4.74 Å². The summed E-state index contributed by atoms with van der Waals surface area (Å²) < 4.78 is 5.77. The molecule has 2 aliphatic carbocycles. The van der Waals surface area contributed by atoms with Crippen LogP contribution in [-0.2, 0) is 4.74 Å². The number of fused-ring (bicyclic) bond motifs is 4. The lowest BCUT2D eigenvalue weighted by Crippen LogP contribution is -2.33. The molecule has 5 rings (SSSR count). The van der Waals surface area contributed by atoms with E-state index in [0.29, 0.717) is 19.1 Å². The molecule has 2 aromatic rings. The van der Waals surface area contributed by atoms with Gasteiger partial charge in [-0.2, -0.15) is 0 Å². The van der Waals surface area contributed by atoms with E-state index in [9.17, 15) is 9.90 Å². The maximum absolute atomic E-state index is 12.7. The summed E-state index contributed by atoms with van der Waals surface area (Å²) in [5.41, 5.74) is 4.95. The Morgan fingerprint density at radius 1 is 1.00 bits per heavy atom. The number of rotatable bonds is 2. The Bertz CT molecular complexity index is 819. The van der Waals surface area contributed by atoms with E-state index in [1.165, 1.54) is 22.3 Å². The summed E-state index contributed by atoms with van der Waals surface area (Å²) in [5.74, 6) is 0.741. The fourth-order valence-electron chi connectivity index (χ4n) is 5.28. The lowest BCUT2D eigenvalue weighted by Gasteiger charge is -2.28. The van der Waals surface area contributed by atoms with Gasteiger partial charge in [0.25, 0.3) is 0 Å². The lowest BCUT2D eigenvalue weighted by atomic mass is 9.80. The highest BCUT2D eigenvalue weighted by molar-refractivity contribution is 5.79. The molecule has 0 spiro atoms. The van der Waals surface area contributed by atoms with Crippen LogP contribution in [0, 0.1) is 11.8 Å². The highest BCUT2D eigenvalue weighted by Crippen LogP contribution is 2.44. The van der Waals surface area contributed by atoms with Gasteiger partial charge in [0.05, 0.1) is 6.10 Å². The number of amides is 1. The van der Waals surface area contributed by atoms with Crippen LogP contribution in [0.25, 0.3) is 11.1 Å². The molecule has 4 heteroatoms. The molecule has 3 aliphatic rings. The Hall–Kier alpha value is -2.33. The number of ether oxygens (including phenoxy) is 1. The van der Waals surface area contributed by atoms with Crippen LogP contribution in [0.15, 0.2) is 48.5 Å². The van der Waals surface area contributed by atoms with E-state index in [1.807, 2.05) is 12.1 Å². The first-order valence-corrected chi connectivity index (χ1v) is 10.0. The second kappa shape index (κ2) is 6.68. The van der Waals surface area contributed by atoms with Crippen molar-refractivity contribution in [2.75, 3.05) is 19.7 Å². The Morgan fingerprint density at radius 3 is 2.33 bits per heavy atom. The fourth-order valence-corrected chi connectivity index (χ4v) is 5.28. The first-order chi connectivity index (χ1) is 13.2. The smallest absolute Gasteiger partial charge is 0.409 e. The highest BCUT2D eigenvalue weighted by atomic mass is 16.6. The molecular formula is C23H25NO3. The van der Waals surface area contributed by atoms with E-state index in [2.05, 4.69) is 36.4 Å². The third kappa shape index (κ3) is 2.83. The third-order valence-electron chi connectivity index (χ3n) is 6.65. The summed E-state index contributed by atoms with van der Waals surface area (Å²) in [7, 11) is 0. The van der Waals surface area contributed by atoms with Gasteiger partial charge in [0.1, 0.15) is 6.61 Å². The number of carbonyl (C=O) groups excluding carboxylic acids is 1. The molecular weight excluding hydrogens is 338 g/mol. The van der Waals surface area contributed by atoms with Gasteiger partial charge in [0.15, 0.2) is 0 Å². The van der Waals surface area contributed by atoms with Crippen molar-refractivity contribution in [2.45, 2.75) is 31.3 Å². The van der Waals surface area contributed by atoms with Gasteiger partial charge >= 0.3 is 6.09 Å². The standard InChI is InChI=1S/C23H25NO3/c25-22-11-5-6-15-12-24(13-20(15)22)23(26)27-14-21-18-9-3-1-7-16(18)17-8-2-4-10-19(17)21/h1-4,7-10,15,20-22,25H,5-6,11-14H2. The van der Waals surface area contributed by atoms with Crippen LogP contribution in [0.3, 0.4) is 0 Å². The van der Waals surface area contributed by atoms with Crippen LogP contribution in [0.1, 0.15) is 36.3 Å². The van der Waals surface area contributed by atoms with Crippen molar-refractivity contribution in [1.29, 1.82) is 0 Å². The van der Waals surface area contributed by atoms with Crippen molar-refractivity contribution in [3.8, 4) is 11.1 Å². The predicted molar refractivity (Wildman–Crippen MR) is 103 cm³/mol. The SMILES string of the molecule is O=C(OCC1c2ccccc2-c2ccccc21)N1CC2CCCC(O)C2C1. The van der Waals surface area contributed by atoms with Crippen molar-refractivity contribution < 1.29 is 14.6 Å². The number of aliphatic hydroxyl groups is 1. The summed E-state index contributed by atoms with van der Waals surface area (Å²) >= 11 is 0. The van der Waals surface area contributed by atoms with Crippen LogP contribution < -0.4 is 0 Å². The minimum atomic E-state index is -0.268. The van der Waals surface area contributed by atoms with Gasteiger partial charge in [-0.3, -0.25) is 0 Å². The van der Waals surface area contributed by atoms with Crippen molar-refractivity contribution in [1.82, 2.24) is 4.90 Å². The molecule has 1 N–H and O–H groups in total. The van der Waals surface area contributed by atoms with Gasteiger partial charge in [-0.05, 0) is 41.0 Å². The predicted octanol–water partition coefficient (Wildman–Crippen LogP) is 4.03. The van der Waals surface area contributed by atoms with E-state index < -0.39 is 0 Å². The van der Waals surface area contributed by atoms with Gasteiger partial charge < -0.3 is 14.7 Å². The molecule has 4 nitrogen and oxygen atoms in total. The molecule has 1 saturated heterocycles. The molecule has 3 unspecified atom stereocenters. The Balaban J connectivity index is 1.30. The van der Waals surface area contributed by atoms with Crippen LogP contribution >= 0.6 is 0 Å². The maximum Gasteiger partial charge on any atom is 0.409 e. The summed E-state index contributed by atoms with van der Waals surface area (Å²) in [6.45, 7) is 1.71. The molecule has 3 atom stereocenters. The molecule has 0 aromatic heterocycles. The minimum absolute atomic E-state index is 0.0943. The zero-order chi connectivity index (χ0) is 18.4. The topological polar surface area (TPSA) is 49.8 Å². The Labute approximate surface area is 159 Å². The van der Waals surface area contributed by atoms with E-state index >= 15 is 0 Å². The molecule has 0 bridgehead atoms.